The van der Waals surface area contributed by atoms with Crippen LogP contribution >= 0.6 is 11.6 Å². The van der Waals surface area contributed by atoms with E-state index in [1.807, 2.05) is 36.4 Å². The number of aliphatic carboxylic acids is 1. The number of methoxy groups -OCH3 is 3. The summed E-state index contributed by atoms with van der Waals surface area (Å²) in [6, 6.07) is 11.0. The average molecular weight is 547 g/mol. The van der Waals surface area contributed by atoms with Gasteiger partial charge in [-0.2, -0.15) is 0 Å². The summed E-state index contributed by atoms with van der Waals surface area (Å²) in [5.41, 5.74) is 1.21. The highest BCUT2D eigenvalue weighted by molar-refractivity contribution is 6.33. The summed E-state index contributed by atoms with van der Waals surface area (Å²) in [4.78, 5) is 27.0. The Morgan fingerprint density at radius 1 is 1.13 bits per heavy atom. The predicted octanol–water partition coefficient (Wildman–Crippen LogP) is 4.60. The van der Waals surface area contributed by atoms with Crippen LogP contribution in [0.5, 0.6) is 11.5 Å². The molecule has 2 fully saturated rings. The number of carbonyl (C=O) groups excluding carboxylic acids is 1. The third kappa shape index (κ3) is 6.17. The van der Waals surface area contributed by atoms with Crippen molar-refractivity contribution in [1.29, 1.82) is 0 Å². The minimum atomic E-state index is -1.38. The number of hydrogen-bond acceptors (Lipinski definition) is 6. The number of carboxylic acids is 1. The summed E-state index contributed by atoms with van der Waals surface area (Å²) >= 11 is 6.78. The van der Waals surface area contributed by atoms with E-state index in [0.29, 0.717) is 34.6 Å². The van der Waals surface area contributed by atoms with E-state index in [0.717, 1.165) is 24.0 Å². The number of ether oxygens (including phenoxy) is 4. The van der Waals surface area contributed by atoms with Gasteiger partial charge in [-0.15, -0.1) is 0 Å². The summed E-state index contributed by atoms with van der Waals surface area (Å²) in [6.07, 6.45) is 2.25. The molecule has 0 aliphatic heterocycles. The maximum absolute atomic E-state index is 13.5. The van der Waals surface area contributed by atoms with Crippen LogP contribution in [0.2, 0.25) is 5.02 Å². The molecule has 2 aromatic rings. The minimum Gasteiger partial charge on any atom is -0.496 e. The summed E-state index contributed by atoms with van der Waals surface area (Å²) in [6.45, 7) is 0.965. The van der Waals surface area contributed by atoms with Crippen LogP contribution in [0, 0.1) is 0 Å². The monoisotopic (exact) mass is 546 g/mol. The molecule has 0 heterocycles. The molecule has 2 N–H and O–H groups in total. The van der Waals surface area contributed by atoms with Gasteiger partial charge in [0.25, 0.3) is 0 Å². The number of urea groups is 1. The molecule has 2 amide bonds. The highest BCUT2D eigenvalue weighted by Gasteiger charge is 2.52. The van der Waals surface area contributed by atoms with Gasteiger partial charge in [-0.1, -0.05) is 41.9 Å². The molecule has 2 saturated carbocycles. The van der Waals surface area contributed by atoms with Crippen LogP contribution < -0.4 is 14.8 Å². The number of halogens is 1. The number of hydrogen-bond donors (Lipinski definition) is 2. The van der Waals surface area contributed by atoms with Gasteiger partial charge in [0.05, 0.1) is 38.6 Å². The third-order valence-electron chi connectivity index (χ3n) is 7.21. The van der Waals surface area contributed by atoms with Crippen LogP contribution in [0.4, 0.5) is 4.79 Å². The molecule has 0 spiro atoms. The summed E-state index contributed by atoms with van der Waals surface area (Å²) in [7, 11) is 4.69. The van der Waals surface area contributed by atoms with Crippen molar-refractivity contribution in [3.63, 3.8) is 0 Å². The number of carboxylic acid groups (broad SMARTS) is 1. The maximum atomic E-state index is 13.5. The van der Waals surface area contributed by atoms with Crippen molar-refractivity contribution in [3.8, 4) is 11.5 Å². The van der Waals surface area contributed by atoms with E-state index in [1.54, 1.807) is 14.2 Å². The van der Waals surface area contributed by atoms with E-state index >= 15 is 0 Å². The molecule has 0 aromatic heterocycles. The van der Waals surface area contributed by atoms with Crippen molar-refractivity contribution in [3.05, 3.63) is 58.1 Å². The van der Waals surface area contributed by atoms with E-state index in [9.17, 15) is 14.7 Å². The molecule has 0 bridgehead atoms. The number of benzene rings is 2. The fraction of sp³-hybridized carbons (Fsp3) is 0.500. The van der Waals surface area contributed by atoms with E-state index < -0.39 is 17.5 Å². The van der Waals surface area contributed by atoms with E-state index in [1.165, 1.54) is 12.0 Å². The number of rotatable bonds is 13. The second-order valence-corrected chi connectivity index (χ2v) is 10.2. The highest BCUT2D eigenvalue weighted by atomic mass is 35.5. The quantitative estimate of drug-likeness (QED) is 0.354. The zero-order valence-corrected chi connectivity index (χ0v) is 22.8. The van der Waals surface area contributed by atoms with E-state index in [2.05, 4.69) is 5.32 Å². The molecule has 206 valence electrons. The first-order chi connectivity index (χ1) is 18.3. The minimum absolute atomic E-state index is 0.112. The average Bonchev–Trinajstić information content (AvgIpc) is 3.73. The summed E-state index contributed by atoms with van der Waals surface area (Å²) in [5, 5.41) is 13.0. The lowest BCUT2D eigenvalue weighted by Gasteiger charge is -2.44. The van der Waals surface area contributed by atoms with Gasteiger partial charge in [0.1, 0.15) is 17.0 Å². The molecule has 2 aromatic carbocycles. The second-order valence-electron chi connectivity index (χ2n) is 9.82. The van der Waals surface area contributed by atoms with Gasteiger partial charge < -0.3 is 34.3 Å². The van der Waals surface area contributed by atoms with Crippen LogP contribution in [-0.2, 0) is 27.4 Å². The Hall–Kier alpha value is -3.01. The second kappa shape index (κ2) is 12.2. The van der Waals surface area contributed by atoms with Crippen molar-refractivity contribution in [2.24, 2.45) is 0 Å². The summed E-state index contributed by atoms with van der Waals surface area (Å²) in [5.74, 6) is 0.455. The van der Waals surface area contributed by atoms with Gasteiger partial charge in [-0.25, -0.2) is 9.59 Å². The molecule has 0 unspecified atom stereocenters. The lowest BCUT2D eigenvalue weighted by molar-refractivity contribution is -0.155. The number of amides is 2. The Morgan fingerprint density at radius 2 is 1.84 bits per heavy atom. The topological polar surface area (TPSA) is 107 Å². The van der Waals surface area contributed by atoms with Crippen molar-refractivity contribution in [2.75, 3.05) is 34.5 Å². The molecular formula is C28H35ClN2O7. The zero-order chi connectivity index (χ0) is 27.3. The van der Waals surface area contributed by atoms with Gasteiger partial charge in [-0.3, -0.25) is 0 Å². The summed E-state index contributed by atoms with van der Waals surface area (Å²) < 4.78 is 22.4. The smallest absolute Gasteiger partial charge is 0.329 e. The van der Waals surface area contributed by atoms with Crippen molar-refractivity contribution in [2.45, 2.75) is 56.4 Å². The van der Waals surface area contributed by atoms with Gasteiger partial charge in [0.2, 0.25) is 0 Å². The van der Waals surface area contributed by atoms with Crippen molar-refractivity contribution >= 4 is 23.6 Å². The molecule has 2 aliphatic rings. The number of carbonyl (C=O) groups is 2. The molecule has 0 atom stereocenters. The number of nitrogens with zero attached hydrogens (tertiary/aromatic N) is 1. The van der Waals surface area contributed by atoms with E-state index in [4.69, 9.17) is 30.5 Å². The van der Waals surface area contributed by atoms with Gasteiger partial charge in [0, 0.05) is 38.6 Å². The Bertz CT molecular complexity index is 1130. The first kappa shape index (κ1) is 28.0. The largest absolute Gasteiger partial charge is 0.496 e. The molecule has 0 saturated heterocycles. The molecule has 10 heteroatoms. The van der Waals surface area contributed by atoms with Crippen LogP contribution in [0.15, 0.2) is 36.4 Å². The normalized spacial score (nSPS) is 20.4. The molecule has 38 heavy (non-hydrogen) atoms. The molecular weight excluding hydrogens is 512 g/mol. The maximum Gasteiger partial charge on any atom is 0.329 e. The highest BCUT2D eigenvalue weighted by Crippen LogP contribution is 2.52. The van der Waals surface area contributed by atoms with Crippen LogP contribution in [0.25, 0.3) is 0 Å². The van der Waals surface area contributed by atoms with Gasteiger partial charge in [0.15, 0.2) is 0 Å². The lowest BCUT2D eigenvalue weighted by Crippen LogP contribution is -2.66. The molecule has 9 nitrogen and oxygen atoms in total. The molecule has 4 rings (SSSR count). The number of nitrogens with one attached hydrogen (secondary N) is 1. The zero-order valence-electron chi connectivity index (χ0n) is 22.0. The van der Waals surface area contributed by atoms with Crippen LogP contribution in [0.3, 0.4) is 0 Å². The Kier molecular flexibility index (Phi) is 9.02. The Labute approximate surface area is 228 Å². The van der Waals surface area contributed by atoms with Crippen LogP contribution in [0.1, 0.15) is 48.3 Å². The van der Waals surface area contributed by atoms with E-state index in [-0.39, 0.29) is 38.6 Å². The molecule has 2 aliphatic carbocycles. The third-order valence-corrected chi connectivity index (χ3v) is 7.63. The van der Waals surface area contributed by atoms with Gasteiger partial charge in [-0.05, 0) is 36.0 Å². The Morgan fingerprint density at radius 3 is 2.42 bits per heavy atom. The van der Waals surface area contributed by atoms with Crippen molar-refractivity contribution in [1.82, 2.24) is 10.2 Å². The van der Waals surface area contributed by atoms with Crippen LogP contribution in [-0.4, -0.2) is 68.1 Å². The SMILES string of the molecule is COc1cc(CN(CCOCc2ccccc2)C(=O)NC2(C(=O)O)CC(OC)C2)c(Cl)c(OC)c1C1CC1. The Balaban J connectivity index is 1.54. The first-order valence-electron chi connectivity index (χ1n) is 12.7. The fourth-order valence-corrected chi connectivity index (χ4v) is 5.11. The molecule has 0 radical (unpaired) electrons. The predicted molar refractivity (Wildman–Crippen MR) is 142 cm³/mol. The fourth-order valence-electron chi connectivity index (χ4n) is 4.81. The lowest BCUT2D eigenvalue weighted by atomic mass is 9.74. The van der Waals surface area contributed by atoms with Crippen molar-refractivity contribution < 1.29 is 33.6 Å². The standard InChI is InChI=1S/C28H35ClN2O7/c1-35-21-14-28(15-21,26(32)33)30-27(34)31(11-12-38-17-18-7-5-4-6-8-18)16-20-13-22(36-2)23(19-9-10-19)25(37-3)24(20)29/h4-8,13,19,21H,9-12,14-17H2,1-3H3,(H,30,34)(H,32,33). The first-order valence-corrected chi connectivity index (χ1v) is 13.1. The van der Waals surface area contributed by atoms with Gasteiger partial charge >= 0.3 is 12.0 Å².